The van der Waals surface area contributed by atoms with Crippen molar-refractivity contribution < 1.29 is 9.90 Å². The summed E-state index contributed by atoms with van der Waals surface area (Å²) in [6.07, 6.45) is 1.24. The van der Waals surface area contributed by atoms with Crippen LogP contribution in [0.3, 0.4) is 0 Å². The van der Waals surface area contributed by atoms with Crippen LogP contribution < -0.4 is 11.2 Å². The molecule has 8 nitrogen and oxygen atoms in total. The first kappa shape index (κ1) is 11.4. The maximum Gasteiger partial charge on any atom is 0.342 e. The Kier molecular flexibility index (Phi) is 2.50. The number of rotatable bonds is 2. The lowest BCUT2D eigenvalue weighted by Gasteiger charge is -2.09. The van der Waals surface area contributed by atoms with E-state index in [2.05, 4.69) is 9.97 Å². The molecule has 2 heterocycles. The number of nitrogens with zero attached hydrogens (tertiary/aromatic N) is 3. The van der Waals surface area contributed by atoms with Gasteiger partial charge in [-0.2, -0.15) is 0 Å². The van der Waals surface area contributed by atoms with Gasteiger partial charge in [0.1, 0.15) is 5.52 Å². The van der Waals surface area contributed by atoms with E-state index in [4.69, 9.17) is 16.7 Å². The summed E-state index contributed by atoms with van der Waals surface area (Å²) in [4.78, 5) is 40.7. The summed E-state index contributed by atoms with van der Waals surface area (Å²) in [6.45, 7) is 0. The minimum Gasteiger partial charge on any atom is -0.479 e. The second-order valence-corrected chi connectivity index (χ2v) is 3.71. The Balaban J connectivity index is 2.94. The number of nitrogens with one attached hydrogen (secondary N) is 1. The SMILES string of the molecule is Cn1c(=O)n(C(Cl)C(=O)O)c(=O)c2[nH]cnc21. The molecule has 0 aliphatic carbocycles. The van der Waals surface area contributed by atoms with Crippen LogP contribution in [-0.4, -0.2) is 30.2 Å². The summed E-state index contributed by atoms with van der Waals surface area (Å²) in [6, 6.07) is 0. The molecule has 9 heteroatoms. The average molecular weight is 259 g/mol. The summed E-state index contributed by atoms with van der Waals surface area (Å²) in [5.41, 5.74) is -3.24. The van der Waals surface area contributed by atoms with Crippen LogP contribution in [0.4, 0.5) is 0 Å². The number of aryl methyl sites for hydroxylation is 1. The zero-order valence-corrected chi connectivity index (χ0v) is 9.30. The number of aromatic nitrogens is 4. The normalized spacial score (nSPS) is 12.8. The van der Waals surface area contributed by atoms with Crippen LogP contribution in [0.5, 0.6) is 0 Å². The molecule has 0 fully saturated rings. The fraction of sp³-hybridized carbons (Fsp3) is 0.250. The summed E-state index contributed by atoms with van der Waals surface area (Å²) in [5.74, 6) is -1.48. The van der Waals surface area contributed by atoms with Gasteiger partial charge in [0.15, 0.2) is 5.65 Å². The molecule has 0 aliphatic heterocycles. The Labute approximate surface area is 98.1 Å². The van der Waals surface area contributed by atoms with E-state index in [1.165, 1.54) is 13.4 Å². The van der Waals surface area contributed by atoms with Gasteiger partial charge in [-0.3, -0.25) is 9.36 Å². The van der Waals surface area contributed by atoms with Crippen LogP contribution in [0.25, 0.3) is 11.2 Å². The molecule has 17 heavy (non-hydrogen) atoms. The highest BCUT2D eigenvalue weighted by Gasteiger charge is 2.23. The third-order valence-electron chi connectivity index (χ3n) is 2.29. The Morgan fingerprint density at radius 3 is 2.82 bits per heavy atom. The number of hydrogen-bond donors (Lipinski definition) is 2. The van der Waals surface area contributed by atoms with Crippen LogP contribution in [0.2, 0.25) is 0 Å². The molecule has 0 aromatic carbocycles. The lowest BCUT2D eigenvalue weighted by Crippen LogP contribution is -2.42. The van der Waals surface area contributed by atoms with Crippen LogP contribution in [-0.2, 0) is 11.8 Å². The molecule has 2 N–H and O–H groups in total. The topological polar surface area (TPSA) is 110 Å². The molecule has 0 aliphatic rings. The standard InChI is InChI=1S/C8H7ClN4O4/c1-12-5-3(10-2-11-5)6(14)13(8(12)17)4(9)7(15)16/h2,4H,1H3,(H,10,11)(H,15,16). The quantitative estimate of drug-likeness (QED) is 0.689. The first-order chi connectivity index (χ1) is 7.95. The number of aliphatic carboxylic acids is 1. The van der Waals surface area contributed by atoms with Crippen LogP contribution >= 0.6 is 11.6 Å². The van der Waals surface area contributed by atoms with E-state index in [1.807, 2.05) is 0 Å². The van der Waals surface area contributed by atoms with Gasteiger partial charge < -0.3 is 10.1 Å². The number of alkyl halides is 1. The molecule has 2 rings (SSSR count). The van der Waals surface area contributed by atoms with Gasteiger partial charge >= 0.3 is 11.7 Å². The number of hydrogen-bond acceptors (Lipinski definition) is 4. The molecule has 0 saturated heterocycles. The van der Waals surface area contributed by atoms with Crippen molar-refractivity contribution in [2.75, 3.05) is 0 Å². The molecule has 2 aromatic heterocycles. The molecular formula is C8H7ClN4O4. The summed E-state index contributed by atoms with van der Waals surface area (Å²) in [5, 5.41) is 8.73. The summed E-state index contributed by atoms with van der Waals surface area (Å²) >= 11 is 5.51. The number of aromatic amines is 1. The van der Waals surface area contributed by atoms with E-state index in [9.17, 15) is 14.4 Å². The summed E-state index contributed by atoms with van der Waals surface area (Å²) < 4.78 is 1.50. The molecule has 0 spiro atoms. The first-order valence-corrected chi connectivity index (χ1v) is 4.90. The van der Waals surface area contributed by atoms with Crippen LogP contribution in [0.1, 0.15) is 5.50 Å². The maximum absolute atomic E-state index is 11.8. The Hall–Kier alpha value is -2.09. The van der Waals surface area contributed by atoms with Crippen LogP contribution in [0, 0.1) is 0 Å². The van der Waals surface area contributed by atoms with Crippen molar-refractivity contribution in [3.63, 3.8) is 0 Å². The van der Waals surface area contributed by atoms with Gasteiger partial charge in [0, 0.05) is 7.05 Å². The van der Waals surface area contributed by atoms with E-state index in [-0.39, 0.29) is 11.2 Å². The zero-order valence-electron chi connectivity index (χ0n) is 8.55. The van der Waals surface area contributed by atoms with Gasteiger partial charge in [0.05, 0.1) is 6.33 Å². The minimum absolute atomic E-state index is 0.0269. The molecule has 1 unspecified atom stereocenters. The second-order valence-electron chi connectivity index (χ2n) is 3.29. The minimum atomic E-state index is -1.76. The highest BCUT2D eigenvalue weighted by atomic mass is 35.5. The molecule has 0 radical (unpaired) electrons. The molecular weight excluding hydrogens is 252 g/mol. The van der Waals surface area contributed by atoms with E-state index in [0.717, 1.165) is 4.57 Å². The summed E-state index contributed by atoms with van der Waals surface area (Å²) in [7, 11) is 1.37. The molecule has 1 atom stereocenters. The number of fused-ring (bicyclic) bond motifs is 1. The second kappa shape index (κ2) is 3.74. The Bertz CT molecular complexity index is 712. The Morgan fingerprint density at radius 1 is 1.59 bits per heavy atom. The van der Waals surface area contributed by atoms with Crippen molar-refractivity contribution in [1.82, 2.24) is 19.1 Å². The van der Waals surface area contributed by atoms with Gasteiger partial charge in [0.2, 0.25) is 5.50 Å². The molecule has 0 bridgehead atoms. The fourth-order valence-corrected chi connectivity index (χ4v) is 1.64. The van der Waals surface area contributed by atoms with Crippen molar-refractivity contribution in [2.45, 2.75) is 5.50 Å². The number of H-pyrrole nitrogens is 1. The third-order valence-corrected chi connectivity index (χ3v) is 2.68. The molecule has 2 aromatic rings. The number of carboxylic acid groups (broad SMARTS) is 1. The van der Waals surface area contributed by atoms with Crippen molar-refractivity contribution in [3.05, 3.63) is 27.2 Å². The highest BCUT2D eigenvalue weighted by Crippen LogP contribution is 2.08. The van der Waals surface area contributed by atoms with Crippen molar-refractivity contribution in [3.8, 4) is 0 Å². The fourth-order valence-electron chi connectivity index (χ4n) is 1.47. The Morgan fingerprint density at radius 2 is 2.24 bits per heavy atom. The zero-order chi connectivity index (χ0) is 12.7. The highest BCUT2D eigenvalue weighted by molar-refractivity contribution is 6.27. The van der Waals surface area contributed by atoms with Crippen molar-refractivity contribution in [1.29, 1.82) is 0 Å². The van der Waals surface area contributed by atoms with Crippen molar-refractivity contribution in [2.24, 2.45) is 7.05 Å². The largest absolute Gasteiger partial charge is 0.479 e. The number of carboxylic acids is 1. The van der Waals surface area contributed by atoms with Gasteiger partial charge in [0.25, 0.3) is 5.56 Å². The molecule has 90 valence electrons. The monoisotopic (exact) mass is 258 g/mol. The van der Waals surface area contributed by atoms with Gasteiger partial charge in [-0.05, 0) is 0 Å². The third kappa shape index (κ3) is 1.53. The number of imidazole rings is 1. The first-order valence-electron chi connectivity index (χ1n) is 4.46. The lowest BCUT2D eigenvalue weighted by atomic mass is 10.5. The number of halogens is 1. The van der Waals surface area contributed by atoms with E-state index >= 15 is 0 Å². The van der Waals surface area contributed by atoms with E-state index in [0.29, 0.717) is 4.57 Å². The van der Waals surface area contributed by atoms with Crippen LogP contribution in [0.15, 0.2) is 15.9 Å². The number of carbonyl (C=O) groups is 1. The molecule has 0 saturated carbocycles. The predicted octanol–water partition coefficient (Wildman–Crippen LogP) is -0.755. The smallest absolute Gasteiger partial charge is 0.342 e. The maximum atomic E-state index is 11.8. The van der Waals surface area contributed by atoms with Crippen molar-refractivity contribution >= 4 is 28.7 Å². The average Bonchev–Trinajstić information content (AvgIpc) is 2.75. The van der Waals surface area contributed by atoms with Gasteiger partial charge in [-0.25, -0.2) is 19.1 Å². The molecule has 0 amide bonds. The van der Waals surface area contributed by atoms with Gasteiger partial charge in [-0.15, -0.1) is 0 Å². The van der Waals surface area contributed by atoms with E-state index in [1.54, 1.807) is 0 Å². The van der Waals surface area contributed by atoms with E-state index < -0.39 is 22.7 Å². The van der Waals surface area contributed by atoms with Gasteiger partial charge in [-0.1, -0.05) is 11.6 Å². The predicted molar refractivity (Wildman–Crippen MR) is 58.1 cm³/mol. The lowest BCUT2D eigenvalue weighted by molar-refractivity contribution is -0.138.